The van der Waals surface area contributed by atoms with Crippen LogP contribution in [0.3, 0.4) is 0 Å². The summed E-state index contributed by atoms with van der Waals surface area (Å²) in [5.41, 5.74) is 5.80. The second kappa shape index (κ2) is 11.2. The minimum absolute atomic E-state index is 0.285. The van der Waals surface area contributed by atoms with Crippen molar-refractivity contribution in [2.24, 2.45) is 0 Å². The molecular weight excluding hydrogens is 367 g/mol. The molecule has 0 saturated carbocycles. The van der Waals surface area contributed by atoms with E-state index in [-0.39, 0.29) is 5.82 Å². The van der Waals surface area contributed by atoms with E-state index in [1.54, 1.807) is 12.1 Å². The summed E-state index contributed by atoms with van der Waals surface area (Å²) in [5, 5.41) is 0. The summed E-state index contributed by atoms with van der Waals surface area (Å²) in [5.74, 6) is 5.78. The molecule has 0 saturated heterocycles. The molecule has 3 aromatic carbocycles. The second-order valence-electron chi connectivity index (χ2n) is 7.62. The molecule has 3 rings (SSSR count). The largest absolute Gasteiger partial charge is 0.206 e. The first-order valence-corrected chi connectivity index (χ1v) is 10.8. The summed E-state index contributed by atoms with van der Waals surface area (Å²) >= 11 is 0. The fraction of sp³-hybridized carbons (Fsp3) is 0.241. The monoisotopic (exact) mass is 396 g/mol. The highest BCUT2D eigenvalue weighted by molar-refractivity contribution is 5.65. The van der Waals surface area contributed by atoms with Gasteiger partial charge in [-0.3, -0.25) is 0 Å². The molecule has 0 bridgehead atoms. The Bertz CT molecular complexity index is 1010. The molecule has 0 spiro atoms. The van der Waals surface area contributed by atoms with E-state index >= 15 is 0 Å². The molecule has 0 amide bonds. The molecule has 0 fully saturated rings. The average Bonchev–Trinajstić information content (AvgIpc) is 2.78. The highest BCUT2D eigenvalue weighted by atomic mass is 19.1. The molecule has 0 aliphatic carbocycles. The van der Waals surface area contributed by atoms with Crippen LogP contribution in [-0.4, -0.2) is 0 Å². The summed E-state index contributed by atoms with van der Waals surface area (Å²) in [6.45, 7) is 5.97. The van der Waals surface area contributed by atoms with E-state index < -0.39 is 0 Å². The fourth-order valence-electron chi connectivity index (χ4n) is 3.40. The fourth-order valence-corrected chi connectivity index (χ4v) is 3.40. The second-order valence-corrected chi connectivity index (χ2v) is 7.62. The Balaban J connectivity index is 1.68. The van der Waals surface area contributed by atoms with Gasteiger partial charge in [-0.25, -0.2) is 4.39 Å². The standard InChI is InChI=1S/C29H29F/c1-3-5-7-9-24-10-12-25(13-11-24)16-19-27-20-21-28(22-29(27)30)26-17-14-23(15-18-26)8-6-4-2/h4,10-15,17-18,20-22H,2-3,5-9H2,1H3. The summed E-state index contributed by atoms with van der Waals surface area (Å²) < 4.78 is 14.6. The van der Waals surface area contributed by atoms with Gasteiger partial charge in [0.2, 0.25) is 0 Å². The van der Waals surface area contributed by atoms with Crippen LogP contribution in [0.5, 0.6) is 0 Å². The van der Waals surface area contributed by atoms with Gasteiger partial charge >= 0.3 is 0 Å². The lowest BCUT2D eigenvalue weighted by Crippen LogP contribution is -1.88. The maximum atomic E-state index is 14.6. The first-order chi connectivity index (χ1) is 14.7. The van der Waals surface area contributed by atoms with Crippen LogP contribution in [0.15, 0.2) is 79.4 Å². The first kappa shape index (κ1) is 21.6. The van der Waals surface area contributed by atoms with E-state index in [4.69, 9.17) is 0 Å². The Morgan fingerprint density at radius 2 is 1.47 bits per heavy atom. The SMILES string of the molecule is C=CCCc1ccc(-c2ccc(C#Cc3ccc(CCCCC)cc3)c(F)c2)cc1. The minimum Gasteiger partial charge on any atom is -0.206 e. The van der Waals surface area contributed by atoms with E-state index in [2.05, 4.69) is 49.6 Å². The number of allylic oxidation sites excluding steroid dienone is 1. The Labute approximate surface area is 180 Å². The van der Waals surface area contributed by atoms with Crippen molar-refractivity contribution in [2.45, 2.75) is 45.4 Å². The lowest BCUT2D eigenvalue weighted by molar-refractivity contribution is 0.625. The van der Waals surface area contributed by atoms with Crippen LogP contribution >= 0.6 is 0 Å². The van der Waals surface area contributed by atoms with E-state index in [0.717, 1.165) is 36.0 Å². The molecule has 0 radical (unpaired) electrons. The molecule has 0 heterocycles. The predicted octanol–water partition coefficient (Wildman–Crippen LogP) is 7.74. The van der Waals surface area contributed by atoms with Crippen LogP contribution in [0.1, 0.15) is 54.9 Å². The van der Waals surface area contributed by atoms with E-state index in [9.17, 15) is 4.39 Å². The Morgan fingerprint density at radius 1 is 0.800 bits per heavy atom. The van der Waals surface area contributed by atoms with Gasteiger partial charge < -0.3 is 0 Å². The molecule has 0 nitrogen and oxygen atoms in total. The van der Waals surface area contributed by atoms with Gasteiger partial charge in [0.1, 0.15) is 5.82 Å². The molecule has 30 heavy (non-hydrogen) atoms. The smallest absolute Gasteiger partial charge is 0.139 e. The van der Waals surface area contributed by atoms with Crippen LogP contribution in [0.25, 0.3) is 11.1 Å². The van der Waals surface area contributed by atoms with Crippen LogP contribution in [0.2, 0.25) is 0 Å². The molecule has 3 aromatic rings. The number of aryl methyl sites for hydroxylation is 2. The maximum absolute atomic E-state index is 14.6. The van der Waals surface area contributed by atoms with Gasteiger partial charge in [0.15, 0.2) is 0 Å². The summed E-state index contributed by atoms with van der Waals surface area (Å²) in [4.78, 5) is 0. The summed E-state index contributed by atoms with van der Waals surface area (Å²) in [6, 6.07) is 21.8. The van der Waals surface area contributed by atoms with Crippen LogP contribution in [0.4, 0.5) is 4.39 Å². The van der Waals surface area contributed by atoms with Crippen molar-refractivity contribution in [1.29, 1.82) is 0 Å². The highest BCUT2D eigenvalue weighted by Crippen LogP contribution is 2.23. The molecule has 1 heteroatoms. The van der Waals surface area contributed by atoms with Gasteiger partial charge in [0.05, 0.1) is 5.56 Å². The number of unbranched alkanes of at least 4 members (excludes halogenated alkanes) is 2. The average molecular weight is 397 g/mol. The number of hydrogen-bond acceptors (Lipinski definition) is 0. The molecule has 152 valence electrons. The Kier molecular flexibility index (Phi) is 8.04. The minimum atomic E-state index is -0.285. The number of hydrogen-bond donors (Lipinski definition) is 0. The van der Waals surface area contributed by atoms with Gasteiger partial charge in [-0.15, -0.1) is 6.58 Å². The topological polar surface area (TPSA) is 0 Å². The van der Waals surface area contributed by atoms with Gasteiger partial charge in [0.25, 0.3) is 0 Å². The third-order valence-electron chi connectivity index (χ3n) is 5.26. The summed E-state index contributed by atoms with van der Waals surface area (Å²) in [6.07, 6.45) is 8.68. The quantitative estimate of drug-likeness (QED) is 0.207. The predicted molar refractivity (Wildman–Crippen MR) is 126 cm³/mol. The van der Waals surface area contributed by atoms with Crippen molar-refractivity contribution < 1.29 is 4.39 Å². The molecule has 0 aromatic heterocycles. The van der Waals surface area contributed by atoms with Crippen molar-refractivity contribution in [1.82, 2.24) is 0 Å². The zero-order chi connectivity index (χ0) is 21.2. The highest BCUT2D eigenvalue weighted by Gasteiger charge is 2.04. The third-order valence-corrected chi connectivity index (χ3v) is 5.26. The van der Waals surface area contributed by atoms with E-state index in [1.165, 1.54) is 30.4 Å². The van der Waals surface area contributed by atoms with Gasteiger partial charge in [0, 0.05) is 5.56 Å². The third kappa shape index (κ3) is 6.19. The van der Waals surface area contributed by atoms with Crippen LogP contribution in [-0.2, 0) is 12.8 Å². The summed E-state index contributed by atoms with van der Waals surface area (Å²) in [7, 11) is 0. The molecule has 0 N–H and O–H groups in total. The van der Waals surface area contributed by atoms with Crippen LogP contribution < -0.4 is 0 Å². The number of benzene rings is 3. The van der Waals surface area contributed by atoms with Crippen molar-refractivity contribution >= 4 is 0 Å². The maximum Gasteiger partial charge on any atom is 0.139 e. The van der Waals surface area contributed by atoms with E-state index in [0.29, 0.717) is 5.56 Å². The Hall–Kier alpha value is -3.11. The lowest BCUT2D eigenvalue weighted by atomic mass is 10.0. The van der Waals surface area contributed by atoms with Gasteiger partial charge in [-0.1, -0.05) is 80.1 Å². The first-order valence-electron chi connectivity index (χ1n) is 10.8. The lowest BCUT2D eigenvalue weighted by Gasteiger charge is -2.05. The van der Waals surface area contributed by atoms with Crippen molar-refractivity contribution in [3.8, 4) is 23.0 Å². The number of rotatable bonds is 8. The van der Waals surface area contributed by atoms with Crippen LogP contribution in [0, 0.1) is 17.7 Å². The molecular formula is C29H29F. The van der Waals surface area contributed by atoms with Crippen molar-refractivity contribution in [2.75, 3.05) is 0 Å². The molecule has 0 atom stereocenters. The van der Waals surface area contributed by atoms with Gasteiger partial charge in [-0.2, -0.15) is 0 Å². The zero-order valence-electron chi connectivity index (χ0n) is 17.8. The van der Waals surface area contributed by atoms with Crippen molar-refractivity contribution in [3.05, 3.63) is 107 Å². The molecule has 0 aliphatic heterocycles. The molecule has 0 aliphatic rings. The number of halogens is 1. The van der Waals surface area contributed by atoms with Gasteiger partial charge in [-0.05, 0) is 72.2 Å². The Morgan fingerprint density at radius 3 is 2.13 bits per heavy atom. The van der Waals surface area contributed by atoms with E-state index in [1.807, 2.05) is 36.4 Å². The zero-order valence-corrected chi connectivity index (χ0v) is 17.8. The normalized spacial score (nSPS) is 10.3. The van der Waals surface area contributed by atoms with Crippen molar-refractivity contribution in [3.63, 3.8) is 0 Å². The molecule has 0 unspecified atom stereocenters.